The lowest BCUT2D eigenvalue weighted by Crippen LogP contribution is -2.54. The number of anilines is 1. The molecule has 0 aliphatic carbocycles. The van der Waals surface area contributed by atoms with Crippen molar-refractivity contribution in [2.24, 2.45) is 14.1 Å². The van der Waals surface area contributed by atoms with Crippen LogP contribution in [0.3, 0.4) is 0 Å². The van der Waals surface area contributed by atoms with Crippen LogP contribution in [0.4, 0.5) is 10.5 Å². The maximum atomic E-state index is 12.9. The fourth-order valence-electron chi connectivity index (χ4n) is 3.26. The van der Waals surface area contributed by atoms with E-state index in [9.17, 15) is 19.2 Å². The van der Waals surface area contributed by atoms with Crippen LogP contribution in [0.15, 0.2) is 52.8 Å². The van der Waals surface area contributed by atoms with Crippen LogP contribution in [0.25, 0.3) is 17.1 Å². The van der Waals surface area contributed by atoms with Crippen molar-refractivity contribution in [3.8, 4) is 0 Å². The number of barbiturate groups is 1. The van der Waals surface area contributed by atoms with E-state index in [1.807, 2.05) is 0 Å². The van der Waals surface area contributed by atoms with Gasteiger partial charge in [0.15, 0.2) is 0 Å². The van der Waals surface area contributed by atoms with Crippen molar-refractivity contribution in [1.29, 1.82) is 0 Å². The molecule has 0 bridgehead atoms. The monoisotopic (exact) mass is 410 g/mol. The molecule has 4 rings (SSSR count). The Hall–Kier alpha value is -3.65. The zero-order valence-electron chi connectivity index (χ0n) is 15.5. The summed E-state index contributed by atoms with van der Waals surface area (Å²) in [5.41, 5.74) is 1.83. The SMILES string of the molecule is Cn1c(=O)n(C)c2cc(/C=C3\C(=O)NC(=O)N(c4ccc(Cl)cc4)C3=O)ccc21. The molecule has 1 aliphatic rings. The molecule has 29 heavy (non-hydrogen) atoms. The quantitative estimate of drug-likeness (QED) is 0.517. The van der Waals surface area contributed by atoms with E-state index >= 15 is 0 Å². The van der Waals surface area contributed by atoms with Gasteiger partial charge < -0.3 is 0 Å². The van der Waals surface area contributed by atoms with Crippen LogP contribution in [0.2, 0.25) is 5.02 Å². The van der Waals surface area contributed by atoms with E-state index in [2.05, 4.69) is 5.32 Å². The number of halogens is 1. The first-order valence-corrected chi connectivity index (χ1v) is 8.98. The molecular formula is C20H15ClN4O4. The Balaban J connectivity index is 1.78. The summed E-state index contributed by atoms with van der Waals surface area (Å²) >= 11 is 5.86. The molecule has 1 saturated heterocycles. The summed E-state index contributed by atoms with van der Waals surface area (Å²) in [6.45, 7) is 0. The van der Waals surface area contributed by atoms with Gasteiger partial charge in [0.1, 0.15) is 5.57 Å². The first-order valence-electron chi connectivity index (χ1n) is 8.60. The van der Waals surface area contributed by atoms with Crippen LogP contribution < -0.4 is 15.9 Å². The lowest BCUT2D eigenvalue weighted by Gasteiger charge is -2.26. The number of imidazole rings is 1. The smallest absolute Gasteiger partial charge is 0.295 e. The highest BCUT2D eigenvalue weighted by Crippen LogP contribution is 2.24. The fourth-order valence-corrected chi connectivity index (χ4v) is 3.39. The van der Waals surface area contributed by atoms with E-state index in [0.717, 1.165) is 10.4 Å². The summed E-state index contributed by atoms with van der Waals surface area (Å²) in [6.07, 6.45) is 1.39. The van der Waals surface area contributed by atoms with Gasteiger partial charge in [0, 0.05) is 19.1 Å². The molecule has 146 valence electrons. The van der Waals surface area contributed by atoms with Crippen molar-refractivity contribution in [1.82, 2.24) is 14.5 Å². The topological polar surface area (TPSA) is 93.4 Å². The third kappa shape index (κ3) is 3.03. The number of fused-ring (bicyclic) bond motifs is 1. The molecule has 1 fully saturated rings. The van der Waals surface area contributed by atoms with Crippen LogP contribution in [0.5, 0.6) is 0 Å². The number of carbonyl (C=O) groups is 3. The third-order valence-electron chi connectivity index (χ3n) is 4.79. The van der Waals surface area contributed by atoms with Gasteiger partial charge in [0.05, 0.1) is 16.7 Å². The van der Waals surface area contributed by atoms with Gasteiger partial charge in [0.25, 0.3) is 11.8 Å². The summed E-state index contributed by atoms with van der Waals surface area (Å²) in [7, 11) is 3.30. The Bertz CT molecular complexity index is 1280. The molecule has 0 unspecified atom stereocenters. The van der Waals surface area contributed by atoms with Gasteiger partial charge in [-0.3, -0.25) is 24.0 Å². The van der Waals surface area contributed by atoms with Crippen LogP contribution in [0.1, 0.15) is 5.56 Å². The average molecular weight is 411 g/mol. The van der Waals surface area contributed by atoms with Crippen LogP contribution in [-0.2, 0) is 23.7 Å². The Morgan fingerprint density at radius 2 is 1.55 bits per heavy atom. The van der Waals surface area contributed by atoms with E-state index in [1.54, 1.807) is 44.4 Å². The maximum absolute atomic E-state index is 12.9. The van der Waals surface area contributed by atoms with Crippen molar-refractivity contribution < 1.29 is 14.4 Å². The molecule has 0 radical (unpaired) electrons. The molecule has 1 N–H and O–H groups in total. The number of hydrogen-bond donors (Lipinski definition) is 1. The first-order chi connectivity index (χ1) is 13.8. The van der Waals surface area contributed by atoms with Crippen molar-refractivity contribution >= 4 is 52.2 Å². The second kappa shape index (κ2) is 6.75. The first kappa shape index (κ1) is 18.7. The maximum Gasteiger partial charge on any atom is 0.335 e. The normalized spacial score (nSPS) is 16.0. The molecule has 1 aromatic heterocycles. The van der Waals surface area contributed by atoms with E-state index < -0.39 is 17.8 Å². The molecule has 8 nitrogen and oxygen atoms in total. The van der Waals surface area contributed by atoms with Gasteiger partial charge in [-0.15, -0.1) is 0 Å². The summed E-state index contributed by atoms with van der Waals surface area (Å²) < 4.78 is 2.98. The van der Waals surface area contributed by atoms with E-state index in [-0.39, 0.29) is 17.0 Å². The molecule has 2 heterocycles. The number of carbonyl (C=O) groups excluding carboxylic acids is 3. The molecular weight excluding hydrogens is 396 g/mol. The van der Waals surface area contributed by atoms with E-state index in [1.165, 1.54) is 27.3 Å². The van der Waals surface area contributed by atoms with E-state index in [0.29, 0.717) is 16.1 Å². The highest BCUT2D eigenvalue weighted by atomic mass is 35.5. The Kier molecular flexibility index (Phi) is 4.35. The largest absolute Gasteiger partial charge is 0.335 e. The van der Waals surface area contributed by atoms with Crippen molar-refractivity contribution in [3.63, 3.8) is 0 Å². The number of amides is 4. The Morgan fingerprint density at radius 1 is 0.897 bits per heavy atom. The number of imide groups is 2. The minimum atomic E-state index is -0.833. The van der Waals surface area contributed by atoms with Crippen LogP contribution in [0, 0.1) is 0 Å². The Labute approximate surface area is 169 Å². The van der Waals surface area contributed by atoms with Crippen LogP contribution in [-0.4, -0.2) is 27.0 Å². The molecule has 9 heteroatoms. The lowest BCUT2D eigenvalue weighted by molar-refractivity contribution is -0.122. The molecule has 2 aromatic carbocycles. The zero-order valence-corrected chi connectivity index (χ0v) is 16.2. The molecule has 4 amide bonds. The number of nitrogens with zero attached hydrogens (tertiary/aromatic N) is 3. The number of benzene rings is 2. The number of hydrogen-bond acceptors (Lipinski definition) is 4. The standard InChI is InChI=1S/C20H15ClN4O4/c1-23-15-8-3-11(10-16(15)24(2)20(23)29)9-14-17(26)22-19(28)25(18(14)27)13-6-4-12(21)5-7-13/h3-10H,1-2H3,(H,22,26,28)/b14-9+. The summed E-state index contributed by atoms with van der Waals surface area (Å²) in [6, 6.07) is 10.4. The average Bonchev–Trinajstić information content (AvgIpc) is 2.90. The van der Waals surface area contributed by atoms with Gasteiger partial charge in [-0.1, -0.05) is 17.7 Å². The number of aryl methyl sites for hydroxylation is 2. The summed E-state index contributed by atoms with van der Waals surface area (Å²) in [4.78, 5) is 50.4. The number of nitrogens with one attached hydrogen (secondary N) is 1. The number of rotatable bonds is 2. The molecule has 0 atom stereocenters. The summed E-state index contributed by atoms with van der Waals surface area (Å²) in [5, 5.41) is 2.62. The van der Waals surface area contributed by atoms with Crippen molar-refractivity contribution in [2.75, 3.05) is 4.90 Å². The predicted octanol–water partition coefficient (Wildman–Crippen LogP) is 2.20. The van der Waals surface area contributed by atoms with Gasteiger partial charge >= 0.3 is 11.7 Å². The zero-order chi connectivity index (χ0) is 20.9. The second-order valence-corrected chi connectivity index (χ2v) is 7.02. The summed E-state index contributed by atoms with van der Waals surface area (Å²) in [5.74, 6) is -1.53. The van der Waals surface area contributed by atoms with Crippen molar-refractivity contribution in [3.05, 3.63) is 69.1 Å². The second-order valence-electron chi connectivity index (χ2n) is 6.58. The van der Waals surface area contributed by atoms with Gasteiger partial charge in [-0.25, -0.2) is 14.5 Å². The van der Waals surface area contributed by atoms with E-state index in [4.69, 9.17) is 11.6 Å². The molecule has 0 saturated carbocycles. The minimum Gasteiger partial charge on any atom is -0.295 e. The van der Waals surface area contributed by atoms with Crippen LogP contribution >= 0.6 is 11.6 Å². The van der Waals surface area contributed by atoms with Crippen molar-refractivity contribution in [2.45, 2.75) is 0 Å². The molecule has 1 aliphatic heterocycles. The minimum absolute atomic E-state index is 0.184. The fraction of sp³-hybridized carbons (Fsp3) is 0.100. The predicted molar refractivity (Wildman–Crippen MR) is 109 cm³/mol. The third-order valence-corrected chi connectivity index (χ3v) is 5.05. The van der Waals surface area contributed by atoms with Gasteiger partial charge in [-0.2, -0.15) is 0 Å². The highest BCUT2D eigenvalue weighted by molar-refractivity contribution is 6.39. The van der Waals surface area contributed by atoms with Gasteiger partial charge in [-0.05, 0) is 48.0 Å². The Morgan fingerprint density at radius 3 is 2.24 bits per heavy atom. The molecule has 0 spiro atoms. The number of aromatic nitrogens is 2. The molecule has 3 aromatic rings. The highest BCUT2D eigenvalue weighted by Gasteiger charge is 2.36. The number of urea groups is 1. The lowest BCUT2D eigenvalue weighted by atomic mass is 10.1. The van der Waals surface area contributed by atoms with Gasteiger partial charge in [0.2, 0.25) is 0 Å².